The third-order valence-electron chi connectivity index (χ3n) is 4.38. The Hall–Kier alpha value is -3.28. The number of aryl methyl sites for hydroxylation is 1. The van der Waals surface area contributed by atoms with E-state index in [1.54, 1.807) is 23.3 Å². The van der Waals surface area contributed by atoms with Crippen LogP contribution in [0.4, 0.5) is 0 Å². The summed E-state index contributed by atoms with van der Waals surface area (Å²) in [6.45, 7) is 4.10. The summed E-state index contributed by atoms with van der Waals surface area (Å²) in [6, 6.07) is 13.6. The van der Waals surface area contributed by atoms with Crippen LogP contribution in [0.15, 0.2) is 67.4 Å². The van der Waals surface area contributed by atoms with Gasteiger partial charge in [0.1, 0.15) is 12.7 Å². The van der Waals surface area contributed by atoms with E-state index in [0.717, 1.165) is 17.7 Å². The van der Waals surface area contributed by atoms with E-state index in [1.807, 2.05) is 25.1 Å². The molecule has 138 valence electrons. The number of pyridine rings is 1. The van der Waals surface area contributed by atoms with Crippen LogP contribution in [0.1, 0.15) is 36.2 Å². The van der Waals surface area contributed by atoms with Gasteiger partial charge in [-0.25, -0.2) is 9.67 Å². The maximum absolute atomic E-state index is 12.5. The fourth-order valence-electron chi connectivity index (χ4n) is 2.96. The molecule has 6 heteroatoms. The summed E-state index contributed by atoms with van der Waals surface area (Å²) in [5.41, 5.74) is 3.01. The van der Waals surface area contributed by atoms with Crippen LogP contribution in [-0.2, 0) is 4.79 Å². The van der Waals surface area contributed by atoms with Gasteiger partial charge in [0, 0.05) is 12.3 Å². The fraction of sp³-hybridized carbons (Fsp3) is 0.238. The van der Waals surface area contributed by atoms with E-state index in [2.05, 4.69) is 51.6 Å². The molecule has 0 bridgehead atoms. The van der Waals surface area contributed by atoms with Gasteiger partial charge in [0.2, 0.25) is 5.91 Å². The van der Waals surface area contributed by atoms with Gasteiger partial charge in [-0.2, -0.15) is 5.10 Å². The lowest BCUT2D eigenvalue weighted by atomic mass is 9.96. The highest BCUT2D eigenvalue weighted by Crippen LogP contribution is 2.23. The van der Waals surface area contributed by atoms with Crippen LogP contribution >= 0.6 is 0 Å². The van der Waals surface area contributed by atoms with Gasteiger partial charge < -0.3 is 5.32 Å². The summed E-state index contributed by atoms with van der Waals surface area (Å²) in [5.74, 6) is -0.162. The lowest BCUT2D eigenvalue weighted by Gasteiger charge is -2.27. The van der Waals surface area contributed by atoms with Crippen LogP contribution in [0.5, 0.6) is 0 Å². The normalized spacial score (nSPS) is 13.4. The van der Waals surface area contributed by atoms with E-state index in [9.17, 15) is 4.79 Å². The zero-order valence-electron chi connectivity index (χ0n) is 15.5. The molecule has 0 radical (unpaired) electrons. The first kappa shape index (κ1) is 18.5. The second-order valence-corrected chi connectivity index (χ2v) is 6.34. The number of nitrogens with zero attached hydrogens (tertiary/aromatic N) is 4. The molecule has 0 aliphatic heterocycles. The summed E-state index contributed by atoms with van der Waals surface area (Å²) >= 11 is 0. The topological polar surface area (TPSA) is 72.7 Å². The number of carbonyl (C=O) groups excluding carboxylic acids is 1. The van der Waals surface area contributed by atoms with Gasteiger partial charge in [0.25, 0.3) is 0 Å². The SMILES string of the molecule is CCC(NC(=O)/C=C/c1ccccn1)C(c1ccc(C)cc1)n1cncn1. The molecule has 0 fully saturated rings. The molecule has 3 rings (SSSR count). The van der Waals surface area contributed by atoms with Crippen molar-refractivity contribution in [3.63, 3.8) is 0 Å². The number of carbonyl (C=O) groups is 1. The molecule has 1 aromatic carbocycles. The van der Waals surface area contributed by atoms with Crippen molar-refractivity contribution in [3.05, 3.63) is 84.2 Å². The first-order chi connectivity index (χ1) is 13.2. The number of rotatable bonds is 7. The Kier molecular flexibility index (Phi) is 6.10. The standard InChI is InChI=1S/C21H23N5O/c1-3-19(25-20(27)12-11-18-6-4-5-13-23-18)21(26-15-22-14-24-26)17-9-7-16(2)8-10-17/h4-15,19,21H,3H2,1-2H3,(H,25,27)/b12-11+. The average molecular weight is 361 g/mol. The van der Waals surface area contributed by atoms with Crippen LogP contribution in [0, 0.1) is 6.92 Å². The molecule has 2 aromatic heterocycles. The van der Waals surface area contributed by atoms with E-state index < -0.39 is 0 Å². The van der Waals surface area contributed by atoms with E-state index >= 15 is 0 Å². The molecule has 1 N–H and O–H groups in total. The van der Waals surface area contributed by atoms with Crippen LogP contribution in [-0.4, -0.2) is 31.7 Å². The summed E-state index contributed by atoms with van der Waals surface area (Å²) in [6.07, 6.45) is 8.86. The Labute approximate surface area is 159 Å². The van der Waals surface area contributed by atoms with E-state index in [0.29, 0.717) is 0 Å². The van der Waals surface area contributed by atoms with E-state index in [1.165, 1.54) is 18.0 Å². The first-order valence-electron chi connectivity index (χ1n) is 8.97. The summed E-state index contributed by atoms with van der Waals surface area (Å²) in [4.78, 5) is 20.7. The molecule has 0 saturated heterocycles. The van der Waals surface area contributed by atoms with Crippen molar-refractivity contribution in [3.8, 4) is 0 Å². The Morgan fingerprint density at radius 1 is 1.22 bits per heavy atom. The van der Waals surface area contributed by atoms with Crippen LogP contribution in [0.2, 0.25) is 0 Å². The number of amides is 1. The molecule has 1 amide bonds. The predicted molar refractivity (Wildman–Crippen MR) is 105 cm³/mol. The lowest BCUT2D eigenvalue weighted by Crippen LogP contribution is -2.41. The molecule has 0 spiro atoms. The van der Waals surface area contributed by atoms with Gasteiger partial charge in [0.15, 0.2) is 0 Å². The van der Waals surface area contributed by atoms with E-state index in [4.69, 9.17) is 0 Å². The first-order valence-corrected chi connectivity index (χ1v) is 8.97. The number of hydrogen-bond acceptors (Lipinski definition) is 4. The van der Waals surface area contributed by atoms with Gasteiger partial charge in [-0.1, -0.05) is 42.8 Å². The summed E-state index contributed by atoms with van der Waals surface area (Å²) in [5, 5.41) is 7.41. The molecule has 0 aliphatic rings. The van der Waals surface area contributed by atoms with Crippen molar-refractivity contribution in [2.45, 2.75) is 32.4 Å². The van der Waals surface area contributed by atoms with Crippen molar-refractivity contribution in [1.29, 1.82) is 0 Å². The third-order valence-corrected chi connectivity index (χ3v) is 4.38. The Balaban J connectivity index is 1.80. The number of hydrogen-bond donors (Lipinski definition) is 1. The van der Waals surface area contributed by atoms with E-state index in [-0.39, 0.29) is 18.0 Å². The molecule has 6 nitrogen and oxygen atoms in total. The maximum atomic E-state index is 12.5. The van der Waals surface area contributed by atoms with Crippen LogP contribution < -0.4 is 5.32 Å². The maximum Gasteiger partial charge on any atom is 0.244 e. The molecule has 2 unspecified atom stereocenters. The molecular weight excluding hydrogens is 338 g/mol. The molecule has 0 aliphatic carbocycles. The lowest BCUT2D eigenvalue weighted by molar-refractivity contribution is -0.117. The molecule has 3 aromatic rings. The quantitative estimate of drug-likeness (QED) is 0.656. The Morgan fingerprint density at radius 2 is 2.04 bits per heavy atom. The fourth-order valence-corrected chi connectivity index (χ4v) is 2.96. The summed E-state index contributed by atoms with van der Waals surface area (Å²) in [7, 11) is 0. The van der Waals surface area contributed by atoms with Crippen molar-refractivity contribution in [2.24, 2.45) is 0 Å². The monoisotopic (exact) mass is 361 g/mol. The average Bonchev–Trinajstić information content (AvgIpc) is 3.22. The van der Waals surface area contributed by atoms with Crippen molar-refractivity contribution >= 4 is 12.0 Å². The molecule has 27 heavy (non-hydrogen) atoms. The highest BCUT2D eigenvalue weighted by Gasteiger charge is 2.25. The van der Waals surface area contributed by atoms with Gasteiger partial charge >= 0.3 is 0 Å². The predicted octanol–water partition coefficient (Wildman–Crippen LogP) is 3.18. The van der Waals surface area contributed by atoms with Gasteiger partial charge in [-0.3, -0.25) is 9.78 Å². The van der Waals surface area contributed by atoms with Gasteiger partial charge in [-0.05, 0) is 37.1 Å². The second kappa shape index (κ2) is 8.89. The van der Waals surface area contributed by atoms with Crippen LogP contribution in [0.3, 0.4) is 0 Å². The zero-order chi connectivity index (χ0) is 19.1. The van der Waals surface area contributed by atoms with Gasteiger partial charge in [0.05, 0.1) is 17.8 Å². The summed E-state index contributed by atoms with van der Waals surface area (Å²) < 4.78 is 1.79. The zero-order valence-corrected chi connectivity index (χ0v) is 15.5. The molecular formula is C21H23N5O. The van der Waals surface area contributed by atoms with Gasteiger partial charge in [-0.15, -0.1) is 0 Å². The van der Waals surface area contributed by atoms with Crippen molar-refractivity contribution in [2.75, 3.05) is 0 Å². The smallest absolute Gasteiger partial charge is 0.244 e. The Morgan fingerprint density at radius 3 is 2.67 bits per heavy atom. The minimum absolute atomic E-state index is 0.129. The highest BCUT2D eigenvalue weighted by atomic mass is 16.1. The molecule has 2 heterocycles. The molecule has 2 atom stereocenters. The molecule has 0 saturated carbocycles. The Bertz CT molecular complexity index is 873. The number of nitrogens with one attached hydrogen (secondary N) is 1. The largest absolute Gasteiger partial charge is 0.347 e. The second-order valence-electron chi connectivity index (χ2n) is 6.34. The number of benzene rings is 1. The third kappa shape index (κ3) is 4.88. The highest BCUT2D eigenvalue weighted by molar-refractivity contribution is 5.91. The minimum Gasteiger partial charge on any atom is -0.347 e. The van der Waals surface area contributed by atoms with Crippen molar-refractivity contribution in [1.82, 2.24) is 25.1 Å². The van der Waals surface area contributed by atoms with Crippen molar-refractivity contribution < 1.29 is 4.79 Å². The number of aromatic nitrogens is 4. The van der Waals surface area contributed by atoms with Crippen LogP contribution in [0.25, 0.3) is 6.08 Å². The minimum atomic E-state index is -0.162.